The van der Waals surface area contributed by atoms with Crippen molar-refractivity contribution in [2.24, 2.45) is 0 Å². The van der Waals surface area contributed by atoms with E-state index in [1.165, 1.54) is 5.56 Å². The summed E-state index contributed by atoms with van der Waals surface area (Å²) in [6.45, 7) is 11.3. The van der Waals surface area contributed by atoms with Gasteiger partial charge in [-0.2, -0.15) is 0 Å². The van der Waals surface area contributed by atoms with Gasteiger partial charge >= 0.3 is 0 Å². The molecule has 0 saturated heterocycles. The Morgan fingerprint density at radius 1 is 1.23 bits per heavy atom. The zero-order valence-corrected chi connectivity index (χ0v) is 7.79. The number of hydrogen-bond acceptors (Lipinski definition) is 0. The molecule has 0 spiro atoms. The van der Waals surface area contributed by atoms with Crippen LogP contribution in [0.25, 0.3) is 12.7 Å². The lowest BCUT2D eigenvalue weighted by Gasteiger charge is -1.95. The first-order chi connectivity index (χ1) is 6.27. The molecule has 0 amide bonds. The van der Waals surface area contributed by atoms with Gasteiger partial charge in [-0.1, -0.05) is 49.6 Å². The van der Waals surface area contributed by atoms with Crippen molar-refractivity contribution in [1.82, 2.24) is 0 Å². The summed E-state index contributed by atoms with van der Waals surface area (Å²) in [5, 5.41) is 2.17. The van der Waals surface area contributed by atoms with E-state index in [1.807, 2.05) is 18.2 Å². The van der Waals surface area contributed by atoms with Gasteiger partial charge in [-0.25, -0.2) is 0 Å². The van der Waals surface area contributed by atoms with Crippen LogP contribution >= 0.6 is 0 Å². The number of allylic oxidation sites excluding steroid dienone is 2. The van der Waals surface area contributed by atoms with Crippen LogP contribution in [0.1, 0.15) is 5.56 Å². The van der Waals surface area contributed by atoms with Crippen LogP contribution in [0.4, 0.5) is 0 Å². The van der Waals surface area contributed by atoms with Crippen LogP contribution in [-0.4, -0.2) is 0 Å². The molecule has 0 heterocycles. The van der Waals surface area contributed by atoms with Crippen LogP contribution in [0.3, 0.4) is 0 Å². The topological polar surface area (TPSA) is 0 Å². The maximum atomic E-state index is 3.94. The Hall–Kier alpha value is -1.56. The minimum atomic E-state index is 0.901. The summed E-state index contributed by atoms with van der Waals surface area (Å²) in [5.74, 6) is 0. The van der Waals surface area contributed by atoms with Crippen LogP contribution < -0.4 is 10.4 Å². The van der Waals surface area contributed by atoms with E-state index in [2.05, 4.69) is 31.9 Å². The molecule has 0 aliphatic heterocycles. The highest BCUT2D eigenvalue weighted by Gasteiger charge is 1.88. The van der Waals surface area contributed by atoms with Crippen molar-refractivity contribution < 1.29 is 0 Å². The molecule has 0 radical (unpaired) electrons. The van der Waals surface area contributed by atoms with Crippen molar-refractivity contribution in [1.29, 1.82) is 0 Å². The molecule has 0 nitrogen and oxygen atoms in total. The number of hydrogen-bond donors (Lipinski definition) is 0. The van der Waals surface area contributed by atoms with Gasteiger partial charge in [0.15, 0.2) is 0 Å². The predicted molar refractivity (Wildman–Crippen MR) is 59.8 cm³/mol. The van der Waals surface area contributed by atoms with Crippen LogP contribution in [0.5, 0.6) is 0 Å². The Kier molecular flexibility index (Phi) is 3.27. The summed E-state index contributed by atoms with van der Waals surface area (Å²) in [6, 6.07) is 6.21. The molecule has 1 aromatic rings. The van der Waals surface area contributed by atoms with Gasteiger partial charge in [-0.3, -0.25) is 0 Å². The highest BCUT2D eigenvalue weighted by Crippen LogP contribution is 1.93. The molecule has 0 bridgehead atoms. The van der Waals surface area contributed by atoms with Crippen LogP contribution in [0.2, 0.25) is 0 Å². The molecule has 0 aromatic heterocycles. The van der Waals surface area contributed by atoms with Gasteiger partial charge in [0.05, 0.1) is 0 Å². The van der Waals surface area contributed by atoms with Crippen molar-refractivity contribution >= 4 is 12.7 Å². The van der Waals surface area contributed by atoms with E-state index in [0.717, 1.165) is 16.9 Å². The van der Waals surface area contributed by atoms with Gasteiger partial charge in [0.1, 0.15) is 0 Å². The first kappa shape index (κ1) is 9.53. The fraction of sp³-hybridized carbons (Fsp3) is 0.0769. The second-order valence-corrected chi connectivity index (χ2v) is 2.93. The van der Waals surface area contributed by atoms with Gasteiger partial charge in [-0.15, -0.1) is 6.58 Å². The van der Waals surface area contributed by atoms with Gasteiger partial charge in [0.25, 0.3) is 0 Å². The lowest BCUT2D eigenvalue weighted by atomic mass is 10.1. The Morgan fingerprint density at radius 2 is 2.00 bits per heavy atom. The molecule has 0 aliphatic carbocycles. The maximum absolute atomic E-state index is 3.94. The summed E-state index contributed by atoms with van der Waals surface area (Å²) in [4.78, 5) is 0. The molecule has 13 heavy (non-hydrogen) atoms. The second kappa shape index (κ2) is 4.46. The van der Waals surface area contributed by atoms with Crippen molar-refractivity contribution in [3.63, 3.8) is 0 Å². The van der Waals surface area contributed by atoms with Crippen molar-refractivity contribution in [2.75, 3.05) is 0 Å². The predicted octanol–water partition coefficient (Wildman–Crippen LogP) is 1.79. The highest BCUT2D eigenvalue weighted by atomic mass is 13.9. The Balaban J connectivity index is 3.26. The van der Waals surface area contributed by atoms with Gasteiger partial charge in [-0.05, 0) is 22.4 Å². The molecule has 0 unspecified atom stereocenters. The molecular formula is C13H14. The SMILES string of the molecule is C=C/C=c1/cc(CC=C)ccc1=C. The van der Waals surface area contributed by atoms with E-state index >= 15 is 0 Å². The summed E-state index contributed by atoms with van der Waals surface area (Å²) in [7, 11) is 0. The average Bonchev–Trinajstić information content (AvgIpc) is 2.12. The number of benzene rings is 1. The molecule has 0 heteroatoms. The fourth-order valence-electron chi connectivity index (χ4n) is 1.22. The normalized spacial score (nSPS) is 11.2. The fourth-order valence-corrected chi connectivity index (χ4v) is 1.22. The molecule has 66 valence electrons. The first-order valence-corrected chi connectivity index (χ1v) is 4.29. The maximum Gasteiger partial charge on any atom is -0.00999 e. The quantitative estimate of drug-likeness (QED) is 0.607. The third-order valence-corrected chi connectivity index (χ3v) is 1.89. The molecule has 1 aromatic carbocycles. The van der Waals surface area contributed by atoms with Crippen molar-refractivity contribution in [3.8, 4) is 0 Å². The molecule has 0 aliphatic rings. The van der Waals surface area contributed by atoms with Crippen molar-refractivity contribution in [3.05, 3.63) is 59.5 Å². The summed E-state index contributed by atoms with van der Waals surface area (Å²) in [5.41, 5.74) is 1.26. The molecule has 0 N–H and O–H groups in total. The minimum absolute atomic E-state index is 0.901. The van der Waals surface area contributed by atoms with E-state index in [-0.39, 0.29) is 0 Å². The smallest absolute Gasteiger partial charge is 0.00999 e. The van der Waals surface area contributed by atoms with E-state index in [4.69, 9.17) is 0 Å². The van der Waals surface area contributed by atoms with E-state index in [1.54, 1.807) is 6.08 Å². The zero-order chi connectivity index (χ0) is 9.68. The molecule has 0 fully saturated rings. The third kappa shape index (κ3) is 2.45. The summed E-state index contributed by atoms with van der Waals surface area (Å²) >= 11 is 0. The van der Waals surface area contributed by atoms with E-state index < -0.39 is 0 Å². The summed E-state index contributed by atoms with van der Waals surface area (Å²) < 4.78 is 0. The Bertz CT molecular complexity index is 410. The first-order valence-electron chi connectivity index (χ1n) is 4.29. The number of rotatable bonds is 3. The Morgan fingerprint density at radius 3 is 2.62 bits per heavy atom. The molecule has 0 atom stereocenters. The lowest BCUT2D eigenvalue weighted by Crippen LogP contribution is -2.22. The molecule has 1 rings (SSSR count). The second-order valence-electron chi connectivity index (χ2n) is 2.93. The monoisotopic (exact) mass is 170 g/mol. The van der Waals surface area contributed by atoms with Gasteiger partial charge in [0, 0.05) is 0 Å². The van der Waals surface area contributed by atoms with Crippen molar-refractivity contribution in [2.45, 2.75) is 6.42 Å². The van der Waals surface area contributed by atoms with E-state index in [9.17, 15) is 0 Å². The lowest BCUT2D eigenvalue weighted by molar-refractivity contribution is 1.26. The van der Waals surface area contributed by atoms with Crippen LogP contribution in [0.15, 0.2) is 43.5 Å². The zero-order valence-electron chi connectivity index (χ0n) is 7.79. The molecule has 0 saturated carbocycles. The standard InChI is InChI=1S/C13H14/c1-4-6-12-9-8-11(3)13(10-12)7-5-2/h4-5,7-10H,1-3,6H2/b13-7-. The van der Waals surface area contributed by atoms with E-state index in [0.29, 0.717) is 0 Å². The van der Waals surface area contributed by atoms with Crippen LogP contribution in [-0.2, 0) is 6.42 Å². The highest BCUT2D eigenvalue weighted by molar-refractivity contribution is 5.38. The average molecular weight is 170 g/mol. The summed E-state index contributed by atoms with van der Waals surface area (Å²) in [6.07, 6.45) is 6.55. The Labute approximate surface area is 79.2 Å². The van der Waals surface area contributed by atoms with Gasteiger partial charge in [0.2, 0.25) is 0 Å². The minimum Gasteiger partial charge on any atom is -0.103 e. The largest absolute Gasteiger partial charge is 0.103 e. The van der Waals surface area contributed by atoms with Crippen LogP contribution in [0, 0.1) is 0 Å². The third-order valence-electron chi connectivity index (χ3n) is 1.89. The van der Waals surface area contributed by atoms with Gasteiger partial charge < -0.3 is 0 Å². The molecular weight excluding hydrogens is 156 g/mol.